The second-order valence-electron chi connectivity index (χ2n) is 7.94. The minimum Gasteiger partial charge on any atom is -0.494 e. The van der Waals surface area contributed by atoms with Crippen LogP contribution in [0.4, 0.5) is 5.69 Å². The topological polar surface area (TPSA) is 161 Å². The molecule has 3 rings (SSSR count). The number of nitrogens with two attached hydrogens (primary N) is 2. The summed E-state index contributed by atoms with van der Waals surface area (Å²) in [6.07, 6.45) is 3.05. The van der Waals surface area contributed by atoms with Crippen molar-refractivity contribution in [2.24, 2.45) is 17.4 Å². The minimum atomic E-state index is -0.523. The van der Waals surface area contributed by atoms with Crippen molar-refractivity contribution in [2.75, 3.05) is 26.5 Å². The molecule has 0 atom stereocenters. The maximum Gasteiger partial charge on any atom is 0.269 e. The molecular weight excluding hydrogens is 448 g/mol. The molecule has 184 valence electrons. The first-order valence-corrected chi connectivity index (χ1v) is 11.1. The Morgan fingerprint density at radius 2 is 1.69 bits per heavy atom. The van der Waals surface area contributed by atoms with Crippen molar-refractivity contribution in [3.05, 3.63) is 71.3 Å². The third kappa shape index (κ3) is 6.11. The molecule has 8 N–H and O–H groups in total. The van der Waals surface area contributed by atoms with Gasteiger partial charge in [-0.1, -0.05) is 24.3 Å². The van der Waals surface area contributed by atoms with Crippen molar-refractivity contribution < 1.29 is 19.1 Å². The van der Waals surface area contributed by atoms with Crippen LogP contribution in [0.15, 0.2) is 65.8 Å². The summed E-state index contributed by atoms with van der Waals surface area (Å²) in [5.41, 5.74) is 14.8. The molecule has 3 amide bonds. The summed E-state index contributed by atoms with van der Waals surface area (Å²) < 4.78 is 5.68. The molecule has 0 aromatic heterocycles. The lowest BCUT2D eigenvalue weighted by Crippen LogP contribution is -2.31. The summed E-state index contributed by atoms with van der Waals surface area (Å²) in [5.74, 6) is -0.379. The maximum absolute atomic E-state index is 12.3. The molecular formula is C25H30N6O4. The number of carbonyl (C=O) groups excluding carboxylic acids is 3. The third-order valence-corrected chi connectivity index (χ3v) is 5.45. The predicted molar refractivity (Wildman–Crippen MR) is 134 cm³/mol. The predicted octanol–water partition coefficient (Wildman–Crippen LogP) is 1.38. The number of hydrogen-bond donors (Lipinski definition) is 6. The van der Waals surface area contributed by atoms with Crippen molar-refractivity contribution in [2.45, 2.75) is 12.8 Å². The van der Waals surface area contributed by atoms with Crippen LogP contribution in [0, 0.1) is 5.92 Å². The number of rotatable bonds is 9. The van der Waals surface area contributed by atoms with Gasteiger partial charge in [-0.05, 0) is 36.6 Å². The van der Waals surface area contributed by atoms with Gasteiger partial charge in [-0.15, -0.1) is 0 Å². The number of benzene rings is 2. The van der Waals surface area contributed by atoms with Crippen molar-refractivity contribution in [1.82, 2.24) is 16.0 Å². The second-order valence-corrected chi connectivity index (χ2v) is 7.94. The second kappa shape index (κ2) is 11.1. The average molecular weight is 479 g/mol. The van der Waals surface area contributed by atoms with E-state index in [1.54, 1.807) is 25.2 Å². The maximum atomic E-state index is 12.3. The fraction of sp³-hybridized carbons (Fsp3) is 0.240. The highest BCUT2D eigenvalue weighted by molar-refractivity contribution is 5.95. The summed E-state index contributed by atoms with van der Waals surface area (Å²) in [7, 11) is 4.55. The molecule has 10 nitrogen and oxygen atoms in total. The number of nitrogens with one attached hydrogen (secondary N) is 4. The van der Waals surface area contributed by atoms with Gasteiger partial charge in [-0.3, -0.25) is 14.4 Å². The van der Waals surface area contributed by atoms with E-state index in [9.17, 15) is 14.4 Å². The summed E-state index contributed by atoms with van der Waals surface area (Å²) in [5, 5.41) is 10.8. The van der Waals surface area contributed by atoms with Gasteiger partial charge in [0.15, 0.2) is 0 Å². The van der Waals surface area contributed by atoms with Crippen molar-refractivity contribution in [3.8, 4) is 16.9 Å². The van der Waals surface area contributed by atoms with E-state index in [1.165, 1.54) is 20.2 Å². The van der Waals surface area contributed by atoms with Crippen LogP contribution < -0.4 is 37.5 Å². The molecule has 2 aromatic carbocycles. The number of amides is 3. The highest BCUT2D eigenvalue weighted by Gasteiger charge is 2.29. The first kappa shape index (κ1) is 25.2. The number of ether oxygens (including phenoxy) is 1. The summed E-state index contributed by atoms with van der Waals surface area (Å²) in [6, 6.07) is 12.5. The molecule has 0 saturated heterocycles. The van der Waals surface area contributed by atoms with Gasteiger partial charge in [-0.2, -0.15) is 0 Å². The monoisotopic (exact) mass is 478 g/mol. The van der Waals surface area contributed by atoms with Gasteiger partial charge >= 0.3 is 0 Å². The number of para-hydroxylation sites is 1. The molecule has 0 heterocycles. The normalized spacial score (nSPS) is 13.9. The summed E-state index contributed by atoms with van der Waals surface area (Å²) in [4.78, 5) is 36.2. The molecule has 0 aliphatic heterocycles. The molecule has 1 fully saturated rings. The standard InChI is InChI=1S/C25H30N6O4/c1-28-23(32)15-9-7-14(8-10-15)17-5-4-6-18(22(17)35-3)30-19(21(27)25(34)29-2)13-20(26)31-24(33)16-11-12-16/h4-10,13,16,30H,11-12,26-27H2,1-3H3,(H,28,32)(H,29,34)(H,31,33)/b20-13+,21-19+. The van der Waals surface area contributed by atoms with E-state index in [0.29, 0.717) is 17.0 Å². The Balaban J connectivity index is 1.97. The highest BCUT2D eigenvalue weighted by Crippen LogP contribution is 2.37. The highest BCUT2D eigenvalue weighted by atomic mass is 16.5. The molecule has 1 saturated carbocycles. The number of anilines is 1. The summed E-state index contributed by atoms with van der Waals surface area (Å²) >= 11 is 0. The van der Waals surface area contributed by atoms with Crippen LogP contribution in [0.25, 0.3) is 11.1 Å². The van der Waals surface area contributed by atoms with Gasteiger partial charge < -0.3 is 37.5 Å². The van der Waals surface area contributed by atoms with E-state index < -0.39 is 5.91 Å². The molecule has 1 aliphatic rings. The van der Waals surface area contributed by atoms with Crippen LogP contribution in [-0.2, 0) is 9.59 Å². The Kier molecular flexibility index (Phi) is 7.98. The molecule has 0 unspecified atom stereocenters. The Morgan fingerprint density at radius 1 is 1.00 bits per heavy atom. The van der Waals surface area contributed by atoms with E-state index in [-0.39, 0.29) is 34.9 Å². The van der Waals surface area contributed by atoms with Gasteiger partial charge in [0.2, 0.25) is 5.91 Å². The van der Waals surface area contributed by atoms with E-state index >= 15 is 0 Å². The SMILES string of the molecule is CNC(=O)/C(N)=C(/C=C(\N)NC(=O)C1CC1)Nc1cccc(-c2ccc(C(=O)NC)cc2)c1OC. The van der Waals surface area contributed by atoms with Crippen LogP contribution in [0.1, 0.15) is 23.2 Å². The lowest BCUT2D eigenvalue weighted by atomic mass is 10.0. The summed E-state index contributed by atoms with van der Waals surface area (Å²) in [6.45, 7) is 0. The zero-order chi connectivity index (χ0) is 25.5. The first-order chi connectivity index (χ1) is 16.8. The largest absolute Gasteiger partial charge is 0.494 e. The zero-order valence-electron chi connectivity index (χ0n) is 19.9. The van der Waals surface area contributed by atoms with Gasteiger partial charge in [0.1, 0.15) is 17.3 Å². The molecule has 1 aliphatic carbocycles. The lowest BCUT2D eigenvalue weighted by Gasteiger charge is -2.18. The quantitative estimate of drug-likeness (QED) is 0.234. The average Bonchev–Trinajstić information content (AvgIpc) is 3.72. The molecule has 0 spiro atoms. The Hall–Kier alpha value is -4.47. The van der Waals surface area contributed by atoms with Crippen LogP contribution in [0.2, 0.25) is 0 Å². The van der Waals surface area contributed by atoms with Gasteiger partial charge in [-0.25, -0.2) is 0 Å². The Morgan fingerprint density at radius 3 is 2.26 bits per heavy atom. The minimum absolute atomic E-state index is 0.0369. The lowest BCUT2D eigenvalue weighted by molar-refractivity contribution is -0.121. The van der Waals surface area contributed by atoms with Crippen LogP contribution >= 0.6 is 0 Å². The van der Waals surface area contributed by atoms with Gasteiger partial charge in [0.25, 0.3) is 11.8 Å². The van der Waals surface area contributed by atoms with Crippen LogP contribution in [0.5, 0.6) is 5.75 Å². The molecule has 2 aromatic rings. The van der Waals surface area contributed by atoms with Gasteiger partial charge in [0, 0.05) is 37.2 Å². The molecule has 0 bridgehead atoms. The number of carbonyl (C=O) groups is 3. The molecule has 0 radical (unpaired) electrons. The zero-order valence-corrected chi connectivity index (χ0v) is 19.9. The van der Waals surface area contributed by atoms with Crippen molar-refractivity contribution in [3.63, 3.8) is 0 Å². The third-order valence-electron chi connectivity index (χ3n) is 5.45. The number of allylic oxidation sites excluding steroid dienone is 1. The van der Waals surface area contributed by atoms with Crippen LogP contribution in [-0.4, -0.2) is 38.9 Å². The van der Waals surface area contributed by atoms with Crippen molar-refractivity contribution in [1.29, 1.82) is 0 Å². The van der Waals surface area contributed by atoms with Gasteiger partial charge in [0.05, 0.1) is 18.5 Å². The van der Waals surface area contributed by atoms with Crippen LogP contribution in [0.3, 0.4) is 0 Å². The van der Waals surface area contributed by atoms with E-state index in [1.807, 2.05) is 24.3 Å². The van der Waals surface area contributed by atoms with E-state index in [0.717, 1.165) is 24.0 Å². The van der Waals surface area contributed by atoms with E-state index in [4.69, 9.17) is 16.2 Å². The first-order valence-electron chi connectivity index (χ1n) is 11.1. The van der Waals surface area contributed by atoms with E-state index in [2.05, 4.69) is 21.3 Å². The Labute approximate surface area is 203 Å². The Bertz CT molecular complexity index is 1180. The molecule has 35 heavy (non-hydrogen) atoms. The number of methoxy groups -OCH3 is 1. The number of likely N-dealkylation sites (N-methyl/N-ethyl adjacent to an activating group) is 1. The molecule has 10 heteroatoms. The fourth-order valence-corrected chi connectivity index (χ4v) is 3.39. The van der Waals surface area contributed by atoms with Crippen molar-refractivity contribution >= 4 is 23.4 Å². The smallest absolute Gasteiger partial charge is 0.269 e. The number of hydrogen-bond acceptors (Lipinski definition) is 7. The fourth-order valence-electron chi connectivity index (χ4n) is 3.39.